The van der Waals surface area contributed by atoms with E-state index in [2.05, 4.69) is 5.32 Å². The van der Waals surface area contributed by atoms with E-state index in [1.807, 2.05) is 31.2 Å². The van der Waals surface area contributed by atoms with Crippen molar-refractivity contribution in [1.29, 1.82) is 0 Å². The third kappa shape index (κ3) is 4.60. The number of benzene rings is 1. The van der Waals surface area contributed by atoms with Gasteiger partial charge in [0.2, 0.25) is 5.91 Å². The Morgan fingerprint density at radius 1 is 1.36 bits per heavy atom. The first kappa shape index (κ1) is 16.6. The minimum atomic E-state index is -0.708. The lowest BCUT2D eigenvalue weighted by Gasteiger charge is -2.21. The van der Waals surface area contributed by atoms with Crippen molar-refractivity contribution in [3.05, 3.63) is 41.5 Å². The van der Waals surface area contributed by atoms with E-state index in [-0.39, 0.29) is 5.91 Å². The molecule has 1 fully saturated rings. The number of para-hydroxylation sites is 1. The predicted octanol–water partition coefficient (Wildman–Crippen LogP) is 2.61. The Morgan fingerprint density at radius 2 is 2.05 bits per heavy atom. The van der Waals surface area contributed by atoms with Gasteiger partial charge in [-0.3, -0.25) is 4.79 Å². The Labute approximate surface area is 132 Å². The van der Waals surface area contributed by atoms with E-state index in [4.69, 9.17) is 4.74 Å². The minimum Gasteiger partial charge on any atom is -0.496 e. The summed E-state index contributed by atoms with van der Waals surface area (Å²) in [5.74, 6) is 0.684. The normalized spacial score (nSPS) is 17.3. The van der Waals surface area contributed by atoms with Gasteiger partial charge in [-0.15, -0.1) is 0 Å². The number of hydrogen-bond donors (Lipinski definition) is 2. The summed E-state index contributed by atoms with van der Waals surface area (Å²) in [5, 5.41) is 13.0. The number of nitrogens with one attached hydrogen (secondary N) is 1. The molecule has 1 aliphatic carbocycles. The van der Waals surface area contributed by atoms with Crippen molar-refractivity contribution < 1.29 is 14.6 Å². The zero-order chi connectivity index (χ0) is 16.0. The molecule has 0 spiro atoms. The molecule has 0 saturated heterocycles. The lowest BCUT2D eigenvalue weighted by Crippen LogP contribution is -2.40. The van der Waals surface area contributed by atoms with Gasteiger partial charge in [-0.05, 0) is 37.8 Å². The summed E-state index contributed by atoms with van der Waals surface area (Å²) in [6.45, 7) is 2.26. The summed E-state index contributed by atoms with van der Waals surface area (Å²) in [5.41, 5.74) is 1.31. The van der Waals surface area contributed by atoms with E-state index in [0.29, 0.717) is 13.0 Å². The van der Waals surface area contributed by atoms with Crippen LogP contribution in [0.25, 0.3) is 0 Å². The highest BCUT2D eigenvalue weighted by atomic mass is 16.5. The molecule has 1 aliphatic rings. The number of ether oxygens (including phenoxy) is 1. The first-order valence-corrected chi connectivity index (χ1v) is 7.82. The summed E-state index contributed by atoms with van der Waals surface area (Å²) >= 11 is 0. The van der Waals surface area contributed by atoms with Gasteiger partial charge in [0.25, 0.3) is 0 Å². The number of rotatable bonds is 6. The van der Waals surface area contributed by atoms with Crippen LogP contribution in [0.1, 0.15) is 38.2 Å². The SMILES string of the molecule is COc1ccccc1C/C(C)=C/C(=O)NCC1(O)CCCC1. The van der Waals surface area contributed by atoms with Gasteiger partial charge in [0.05, 0.1) is 12.7 Å². The second-order valence-electron chi connectivity index (χ2n) is 6.13. The fourth-order valence-corrected chi connectivity index (χ4v) is 2.94. The Morgan fingerprint density at radius 3 is 2.73 bits per heavy atom. The maximum Gasteiger partial charge on any atom is 0.244 e. The number of hydrogen-bond acceptors (Lipinski definition) is 3. The first-order chi connectivity index (χ1) is 10.5. The average Bonchev–Trinajstić information content (AvgIpc) is 2.93. The molecule has 4 nitrogen and oxygen atoms in total. The van der Waals surface area contributed by atoms with Crippen LogP contribution in [0.2, 0.25) is 0 Å². The van der Waals surface area contributed by atoms with E-state index in [0.717, 1.165) is 42.6 Å². The molecule has 1 aromatic carbocycles. The molecule has 2 rings (SSSR count). The molecule has 0 radical (unpaired) electrons. The van der Waals surface area contributed by atoms with Crippen molar-refractivity contribution in [3.63, 3.8) is 0 Å². The third-order valence-corrected chi connectivity index (χ3v) is 4.17. The molecule has 1 saturated carbocycles. The molecule has 4 heteroatoms. The smallest absolute Gasteiger partial charge is 0.244 e. The van der Waals surface area contributed by atoms with Crippen LogP contribution in [0.5, 0.6) is 5.75 Å². The fourth-order valence-electron chi connectivity index (χ4n) is 2.94. The highest BCUT2D eigenvalue weighted by Crippen LogP contribution is 2.28. The van der Waals surface area contributed by atoms with Crippen molar-refractivity contribution in [2.45, 2.75) is 44.6 Å². The highest BCUT2D eigenvalue weighted by Gasteiger charge is 2.30. The standard InChI is InChI=1S/C18H25NO3/c1-14(11-15-7-3-4-8-16(15)22-2)12-17(20)19-13-18(21)9-5-6-10-18/h3-4,7-8,12,21H,5-6,9-11,13H2,1-2H3,(H,19,20)/b14-12+. The molecule has 2 N–H and O–H groups in total. The van der Waals surface area contributed by atoms with Gasteiger partial charge in [-0.25, -0.2) is 0 Å². The van der Waals surface area contributed by atoms with E-state index >= 15 is 0 Å². The number of aliphatic hydroxyl groups is 1. The Hall–Kier alpha value is -1.81. The molecule has 0 aliphatic heterocycles. The summed E-state index contributed by atoms with van der Waals surface area (Å²) in [7, 11) is 1.65. The first-order valence-electron chi connectivity index (χ1n) is 7.82. The molecule has 0 atom stereocenters. The lowest BCUT2D eigenvalue weighted by molar-refractivity contribution is -0.117. The number of allylic oxidation sites excluding steroid dienone is 1. The van der Waals surface area contributed by atoms with Crippen LogP contribution in [0.3, 0.4) is 0 Å². The van der Waals surface area contributed by atoms with Gasteiger partial charge in [0.15, 0.2) is 0 Å². The Kier molecular flexibility index (Phi) is 5.61. The lowest BCUT2D eigenvalue weighted by atomic mass is 10.0. The molecule has 0 bridgehead atoms. The second-order valence-corrected chi connectivity index (χ2v) is 6.13. The third-order valence-electron chi connectivity index (χ3n) is 4.17. The molecule has 22 heavy (non-hydrogen) atoms. The van der Waals surface area contributed by atoms with Crippen LogP contribution in [-0.2, 0) is 11.2 Å². The second kappa shape index (κ2) is 7.45. The van der Waals surface area contributed by atoms with Crippen molar-refractivity contribution in [2.24, 2.45) is 0 Å². The molecule has 120 valence electrons. The zero-order valence-electron chi connectivity index (χ0n) is 13.4. The van der Waals surface area contributed by atoms with E-state index in [9.17, 15) is 9.90 Å². The number of amides is 1. The van der Waals surface area contributed by atoms with E-state index < -0.39 is 5.60 Å². The number of carbonyl (C=O) groups excluding carboxylic acids is 1. The molecule has 1 amide bonds. The molecule has 0 heterocycles. The van der Waals surface area contributed by atoms with Gasteiger partial charge >= 0.3 is 0 Å². The maximum absolute atomic E-state index is 12.0. The van der Waals surface area contributed by atoms with Gasteiger partial charge in [-0.1, -0.05) is 36.6 Å². The summed E-state index contributed by atoms with van der Waals surface area (Å²) in [6.07, 6.45) is 5.89. The quantitative estimate of drug-likeness (QED) is 0.794. The van der Waals surface area contributed by atoms with Gasteiger partial charge in [0, 0.05) is 12.6 Å². The predicted molar refractivity (Wildman–Crippen MR) is 86.9 cm³/mol. The molecule has 0 unspecified atom stereocenters. The summed E-state index contributed by atoms with van der Waals surface area (Å²) in [4.78, 5) is 12.0. The molecular formula is C18H25NO3. The monoisotopic (exact) mass is 303 g/mol. The summed E-state index contributed by atoms with van der Waals surface area (Å²) < 4.78 is 5.32. The fraction of sp³-hybridized carbons (Fsp3) is 0.500. The molecular weight excluding hydrogens is 278 g/mol. The van der Waals surface area contributed by atoms with Gasteiger partial charge in [0.1, 0.15) is 5.75 Å². The average molecular weight is 303 g/mol. The Bertz CT molecular complexity index is 545. The number of carbonyl (C=O) groups is 1. The van der Waals surface area contributed by atoms with Crippen LogP contribution in [0.4, 0.5) is 0 Å². The minimum absolute atomic E-state index is 0.146. The van der Waals surface area contributed by atoms with Crippen molar-refractivity contribution in [2.75, 3.05) is 13.7 Å². The van der Waals surface area contributed by atoms with E-state index in [1.54, 1.807) is 13.2 Å². The largest absolute Gasteiger partial charge is 0.496 e. The van der Waals surface area contributed by atoms with Crippen LogP contribution < -0.4 is 10.1 Å². The van der Waals surface area contributed by atoms with Gasteiger partial charge < -0.3 is 15.2 Å². The van der Waals surface area contributed by atoms with Crippen molar-refractivity contribution >= 4 is 5.91 Å². The van der Waals surface area contributed by atoms with Crippen LogP contribution >= 0.6 is 0 Å². The topological polar surface area (TPSA) is 58.6 Å². The highest BCUT2D eigenvalue weighted by molar-refractivity contribution is 5.88. The van der Waals surface area contributed by atoms with Crippen LogP contribution in [-0.4, -0.2) is 30.3 Å². The zero-order valence-corrected chi connectivity index (χ0v) is 13.4. The summed E-state index contributed by atoms with van der Waals surface area (Å²) in [6, 6.07) is 7.80. The van der Waals surface area contributed by atoms with Crippen LogP contribution in [0, 0.1) is 0 Å². The number of methoxy groups -OCH3 is 1. The van der Waals surface area contributed by atoms with Crippen molar-refractivity contribution in [3.8, 4) is 5.75 Å². The molecule has 1 aromatic rings. The van der Waals surface area contributed by atoms with E-state index in [1.165, 1.54) is 0 Å². The maximum atomic E-state index is 12.0. The molecule has 0 aromatic heterocycles. The van der Waals surface area contributed by atoms with Gasteiger partial charge in [-0.2, -0.15) is 0 Å². The van der Waals surface area contributed by atoms with Crippen molar-refractivity contribution in [1.82, 2.24) is 5.32 Å². The Balaban J connectivity index is 1.89. The van der Waals surface area contributed by atoms with Crippen LogP contribution in [0.15, 0.2) is 35.9 Å².